The molecule has 0 bridgehead atoms. The second-order valence-corrected chi connectivity index (χ2v) is 3.98. The predicted molar refractivity (Wildman–Crippen MR) is 67.6 cm³/mol. The highest BCUT2D eigenvalue weighted by atomic mass is 16.6. The first-order valence-electron chi connectivity index (χ1n) is 5.53. The lowest BCUT2D eigenvalue weighted by molar-refractivity contribution is -0.385. The molecule has 1 heterocycles. The average Bonchev–Trinajstić information content (AvgIpc) is 2.87. The van der Waals surface area contributed by atoms with E-state index in [9.17, 15) is 10.1 Å². The first-order valence-corrected chi connectivity index (χ1v) is 5.53. The van der Waals surface area contributed by atoms with Crippen molar-refractivity contribution in [3.63, 3.8) is 0 Å². The summed E-state index contributed by atoms with van der Waals surface area (Å²) in [7, 11) is 1.38. The first kappa shape index (κ1) is 13.0. The van der Waals surface area contributed by atoms with Crippen LogP contribution in [0.2, 0.25) is 0 Å². The molecule has 1 aromatic carbocycles. The lowest BCUT2D eigenvalue weighted by atomic mass is 10.2. The molecule has 8 heteroatoms. The van der Waals surface area contributed by atoms with Crippen molar-refractivity contribution in [3.8, 4) is 17.1 Å². The summed E-state index contributed by atoms with van der Waals surface area (Å²) in [4.78, 5) is 14.6. The molecule has 100 valence electrons. The Balaban J connectivity index is 2.44. The van der Waals surface area contributed by atoms with Crippen LogP contribution in [0.4, 0.5) is 5.69 Å². The van der Waals surface area contributed by atoms with E-state index in [1.165, 1.54) is 19.2 Å². The summed E-state index contributed by atoms with van der Waals surface area (Å²) in [6, 6.07) is 4.25. The van der Waals surface area contributed by atoms with Gasteiger partial charge in [-0.05, 0) is 19.1 Å². The van der Waals surface area contributed by atoms with E-state index >= 15 is 0 Å². The van der Waals surface area contributed by atoms with Crippen molar-refractivity contribution in [2.24, 2.45) is 5.73 Å². The fourth-order valence-electron chi connectivity index (χ4n) is 1.58. The van der Waals surface area contributed by atoms with Gasteiger partial charge in [-0.15, -0.1) is 0 Å². The number of hydrogen-bond donors (Lipinski definition) is 2. The largest absolute Gasteiger partial charge is 0.490 e. The predicted octanol–water partition coefficient (Wildman–Crippen LogP) is 1.41. The number of rotatable bonds is 4. The van der Waals surface area contributed by atoms with Gasteiger partial charge in [0.15, 0.2) is 11.6 Å². The fourth-order valence-corrected chi connectivity index (χ4v) is 1.58. The van der Waals surface area contributed by atoms with Gasteiger partial charge in [0.25, 0.3) is 0 Å². The maximum atomic E-state index is 10.9. The minimum atomic E-state index is -0.512. The topological polar surface area (TPSA) is 120 Å². The molecule has 1 unspecified atom stereocenters. The summed E-state index contributed by atoms with van der Waals surface area (Å²) < 4.78 is 4.93. The number of benzene rings is 1. The van der Waals surface area contributed by atoms with Crippen LogP contribution in [-0.2, 0) is 0 Å². The second-order valence-electron chi connectivity index (χ2n) is 3.98. The third kappa shape index (κ3) is 2.52. The molecular weight excluding hydrogens is 250 g/mol. The van der Waals surface area contributed by atoms with Gasteiger partial charge >= 0.3 is 5.69 Å². The maximum Gasteiger partial charge on any atom is 0.311 e. The second kappa shape index (κ2) is 5.02. The number of nitro benzene ring substituents is 1. The van der Waals surface area contributed by atoms with E-state index in [-0.39, 0.29) is 17.5 Å². The summed E-state index contributed by atoms with van der Waals surface area (Å²) in [5, 5.41) is 17.6. The SMILES string of the molecule is COc1ccc(-c2n[nH]c(C(C)N)n2)cc1[N+](=O)[O-]. The molecule has 0 aliphatic carbocycles. The number of aromatic nitrogens is 3. The zero-order valence-corrected chi connectivity index (χ0v) is 10.5. The number of aromatic amines is 1. The molecule has 0 aliphatic rings. The van der Waals surface area contributed by atoms with Crippen molar-refractivity contribution in [2.45, 2.75) is 13.0 Å². The van der Waals surface area contributed by atoms with Gasteiger partial charge in [-0.2, -0.15) is 5.10 Å². The van der Waals surface area contributed by atoms with Crippen LogP contribution in [0.1, 0.15) is 18.8 Å². The van der Waals surface area contributed by atoms with Crippen molar-refractivity contribution in [2.75, 3.05) is 7.11 Å². The molecular formula is C11H13N5O3. The summed E-state index contributed by atoms with van der Waals surface area (Å²) in [6.45, 7) is 1.76. The van der Waals surface area contributed by atoms with Crippen molar-refractivity contribution < 1.29 is 9.66 Å². The average molecular weight is 263 g/mol. The molecule has 0 spiro atoms. The summed E-state index contributed by atoms with van der Waals surface area (Å²) in [6.07, 6.45) is 0. The number of nitrogens with one attached hydrogen (secondary N) is 1. The van der Waals surface area contributed by atoms with Gasteiger partial charge in [-0.3, -0.25) is 15.2 Å². The molecule has 0 aliphatic heterocycles. The minimum Gasteiger partial charge on any atom is -0.490 e. The maximum absolute atomic E-state index is 10.9. The number of H-pyrrole nitrogens is 1. The van der Waals surface area contributed by atoms with E-state index in [0.717, 1.165) is 0 Å². The Labute approximate surface area is 108 Å². The molecule has 0 saturated carbocycles. The van der Waals surface area contributed by atoms with E-state index in [2.05, 4.69) is 15.2 Å². The van der Waals surface area contributed by atoms with Gasteiger partial charge in [0.1, 0.15) is 5.82 Å². The van der Waals surface area contributed by atoms with Gasteiger partial charge in [0, 0.05) is 11.6 Å². The third-order valence-corrected chi connectivity index (χ3v) is 2.57. The van der Waals surface area contributed by atoms with Crippen molar-refractivity contribution in [1.82, 2.24) is 15.2 Å². The lowest BCUT2D eigenvalue weighted by Gasteiger charge is -2.02. The monoisotopic (exact) mass is 263 g/mol. The van der Waals surface area contributed by atoms with E-state index in [0.29, 0.717) is 17.2 Å². The highest BCUT2D eigenvalue weighted by Gasteiger charge is 2.18. The molecule has 3 N–H and O–H groups in total. The molecule has 0 fully saturated rings. The van der Waals surface area contributed by atoms with Crippen molar-refractivity contribution in [3.05, 3.63) is 34.1 Å². The Morgan fingerprint density at radius 2 is 2.26 bits per heavy atom. The summed E-state index contributed by atoms with van der Waals surface area (Å²) >= 11 is 0. The molecule has 2 aromatic rings. The van der Waals surface area contributed by atoms with Crippen LogP contribution >= 0.6 is 0 Å². The highest BCUT2D eigenvalue weighted by Crippen LogP contribution is 2.30. The van der Waals surface area contributed by atoms with Gasteiger partial charge in [-0.25, -0.2) is 4.98 Å². The summed E-state index contributed by atoms with van der Waals surface area (Å²) in [5.41, 5.74) is 6.06. The number of hydrogen-bond acceptors (Lipinski definition) is 6. The Kier molecular flexibility index (Phi) is 3.43. The molecule has 2 rings (SSSR count). The molecule has 19 heavy (non-hydrogen) atoms. The highest BCUT2D eigenvalue weighted by molar-refractivity contribution is 5.63. The standard InChI is InChI=1S/C11H13N5O3/c1-6(12)10-13-11(15-14-10)7-3-4-9(19-2)8(5-7)16(17)18/h3-6H,12H2,1-2H3,(H,13,14,15). The zero-order valence-electron chi connectivity index (χ0n) is 10.5. The van der Waals surface area contributed by atoms with Crippen LogP contribution in [-0.4, -0.2) is 27.2 Å². The molecule has 0 radical (unpaired) electrons. The normalized spacial score (nSPS) is 12.2. The van der Waals surface area contributed by atoms with E-state index < -0.39 is 4.92 Å². The van der Waals surface area contributed by atoms with Crippen molar-refractivity contribution in [1.29, 1.82) is 0 Å². The van der Waals surface area contributed by atoms with Crippen molar-refractivity contribution >= 4 is 5.69 Å². The van der Waals surface area contributed by atoms with Gasteiger partial charge < -0.3 is 10.5 Å². The number of nitro groups is 1. The number of nitrogens with two attached hydrogens (primary N) is 1. The Morgan fingerprint density at radius 3 is 2.79 bits per heavy atom. The fraction of sp³-hybridized carbons (Fsp3) is 0.273. The first-order chi connectivity index (χ1) is 9.02. The molecule has 1 atom stereocenters. The minimum absolute atomic E-state index is 0.132. The smallest absolute Gasteiger partial charge is 0.311 e. The van der Waals surface area contributed by atoms with Crippen LogP contribution in [0.15, 0.2) is 18.2 Å². The van der Waals surface area contributed by atoms with Crippen LogP contribution in [0.5, 0.6) is 5.75 Å². The zero-order chi connectivity index (χ0) is 14.0. The van der Waals surface area contributed by atoms with E-state index in [4.69, 9.17) is 10.5 Å². The number of methoxy groups -OCH3 is 1. The van der Waals surface area contributed by atoms with Gasteiger partial charge in [0.05, 0.1) is 18.1 Å². The quantitative estimate of drug-likeness (QED) is 0.635. The molecule has 0 amide bonds. The third-order valence-electron chi connectivity index (χ3n) is 2.57. The lowest BCUT2D eigenvalue weighted by Crippen LogP contribution is -2.06. The van der Waals surface area contributed by atoms with Gasteiger partial charge in [0.2, 0.25) is 0 Å². The van der Waals surface area contributed by atoms with Crippen LogP contribution in [0.3, 0.4) is 0 Å². The molecule has 1 aromatic heterocycles. The van der Waals surface area contributed by atoms with Crippen LogP contribution in [0.25, 0.3) is 11.4 Å². The summed E-state index contributed by atoms with van der Waals surface area (Å²) in [5.74, 6) is 1.07. The molecule has 0 saturated heterocycles. The van der Waals surface area contributed by atoms with Crippen LogP contribution < -0.4 is 10.5 Å². The molecule has 8 nitrogen and oxygen atoms in total. The number of nitrogens with zero attached hydrogens (tertiary/aromatic N) is 3. The van der Waals surface area contributed by atoms with Crippen LogP contribution in [0, 0.1) is 10.1 Å². The Hall–Kier alpha value is -2.48. The van der Waals surface area contributed by atoms with Gasteiger partial charge in [-0.1, -0.05) is 0 Å². The Morgan fingerprint density at radius 1 is 1.53 bits per heavy atom. The van der Waals surface area contributed by atoms with E-state index in [1.54, 1.807) is 13.0 Å². The Bertz CT molecular complexity index is 608. The van der Waals surface area contributed by atoms with E-state index in [1.807, 2.05) is 0 Å². The number of ether oxygens (including phenoxy) is 1.